The lowest BCUT2D eigenvalue weighted by Crippen LogP contribution is -1.91. The van der Waals surface area contributed by atoms with E-state index in [9.17, 15) is 0 Å². The minimum absolute atomic E-state index is 1.14. The van der Waals surface area contributed by atoms with Crippen molar-refractivity contribution in [2.24, 2.45) is 0 Å². The Morgan fingerprint density at radius 2 is 1.21 bits per heavy atom. The van der Waals surface area contributed by atoms with Crippen molar-refractivity contribution in [1.82, 2.24) is 0 Å². The van der Waals surface area contributed by atoms with Crippen LogP contribution in [-0.4, -0.2) is 0 Å². The van der Waals surface area contributed by atoms with Crippen molar-refractivity contribution in [1.29, 1.82) is 0 Å². The molecule has 0 aliphatic rings. The van der Waals surface area contributed by atoms with E-state index in [0.717, 1.165) is 5.56 Å². The summed E-state index contributed by atoms with van der Waals surface area (Å²) in [4.78, 5) is 0. The number of fused-ring (bicyclic) bond motifs is 2. The molecule has 0 radical (unpaired) electrons. The molecule has 0 fully saturated rings. The van der Waals surface area contributed by atoms with Crippen molar-refractivity contribution >= 4 is 55.2 Å². The molecule has 5 aromatic carbocycles. The standard InChI is InChI=1S/C24H16/c1-3-15-14-17-10-7-12-20-19-11-5-8-16-9-6-13-21(22(16)19)24(23(17)20)18(15)4-2/h3-14H,1-2H2. The first kappa shape index (κ1) is 13.3. The van der Waals surface area contributed by atoms with Crippen LogP contribution in [-0.2, 0) is 0 Å². The van der Waals surface area contributed by atoms with Crippen LogP contribution in [0.1, 0.15) is 11.1 Å². The molecule has 0 N–H and O–H groups in total. The molecule has 0 atom stereocenters. The molecule has 0 aliphatic heterocycles. The largest absolute Gasteiger partial charge is 0.0984 e. The Kier molecular flexibility index (Phi) is 2.60. The minimum atomic E-state index is 1.14. The summed E-state index contributed by atoms with van der Waals surface area (Å²) in [7, 11) is 0. The van der Waals surface area contributed by atoms with Gasteiger partial charge < -0.3 is 0 Å². The molecule has 0 unspecified atom stereocenters. The van der Waals surface area contributed by atoms with Crippen molar-refractivity contribution in [2.75, 3.05) is 0 Å². The number of hydrogen-bond acceptors (Lipinski definition) is 0. The molecular formula is C24H16. The molecule has 5 rings (SSSR count). The van der Waals surface area contributed by atoms with Gasteiger partial charge in [0.2, 0.25) is 0 Å². The lowest BCUT2D eigenvalue weighted by molar-refractivity contribution is 1.72. The van der Waals surface area contributed by atoms with Gasteiger partial charge in [-0.25, -0.2) is 0 Å². The predicted octanol–water partition coefficient (Wildman–Crippen LogP) is 7.02. The summed E-state index contributed by atoms with van der Waals surface area (Å²) < 4.78 is 0. The average Bonchev–Trinajstić information content (AvgIpc) is 2.64. The Balaban J connectivity index is 2.29. The van der Waals surface area contributed by atoms with E-state index in [2.05, 4.69) is 73.8 Å². The molecular weight excluding hydrogens is 288 g/mol. The molecule has 0 saturated carbocycles. The Morgan fingerprint density at radius 3 is 1.88 bits per heavy atom. The Hall–Kier alpha value is -3.12. The van der Waals surface area contributed by atoms with E-state index in [4.69, 9.17) is 0 Å². The summed E-state index contributed by atoms with van der Waals surface area (Å²) in [6.07, 6.45) is 3.90. The molecule has 24 heavy (non-hydrogen) atoms. The van der Waals surface area contributed by atoms with E-state index in [1.54, 1.807) is 0 Å². The van der Waals surface area contributed by atoms with E-state index < -0.39 is 0 Å². The van der Waals surface area contributed by atoms with Gasteiger partial charge in [0.05, 0.1) is 0 Å². The zero-order valence-corrected chi connectivity index (χ0v) is 13.3. The monoisotopic (exact) mass is 304 g/mol. The molecule has 0 saturated heterocycles. The summed E-state index contributed by atoms with van der Waals surface area (Å²) in [5.74, 6) is 0. The second-order valence-corrected chi connectivity index (χ2v) is 6.28. The molecule has 112 valence electrons. The molecule has 0 spiro atoms. The van der Waals surface area contributed by atoms with E-state index in [1.165, 1.54) is 48.7 Å². The van der Waals surface area contributed by atoms with Crippen molar-refractivity contribution in [3.05, 3.63) is 84.9 Å². The SMILES string of the molecule is C=Cc1cc2cccc3c4cccc5cccc(c(c1C=C)c23)c54. The highest BCUT2D eigenvalue weighted by Crippen LogP contribution is 2.42. The van der Waals surface area contributed by atoms with Gasteiger partial charge in [0.25, 0.3) is 0 Å². The third-order valence-corrected chi connectivity index (χ3v) is 5.13. The summed E-state index contributed by atoms with van der Waals surface area (Å²) >= 11 is 0. The van der Waals surface area contributed by atoms with Gasteiger partial charge >= 0.3 is 0 Å². The van der Waals surface area contributed by atoms with E-state index >= 15 is 0 Å². The number of hydrogen-bond donors (Lipinski definition) is 0. The molecule has 0 aromatic heterocycles. The molecule has 0 heteroatoms. The van der Waals surface area contributed by atoms with Crippen molar-refractivity contribution in [2.45, 2.75) is 0 Å². The van der Waals surface area contributed by atoms with Gasteiger partial charge in [0, 0.05) is 0 Å². The van der Waals surface area contributed by atoms with Crippen LogP contribution in [0.2, 0.25) is 0 Å². The number of benzene rings is 5. The van der Waals surface area contributed by atoms with Crippen molar-refractivity contribution in [3.8, 4) is 0 Å². The van der Waals surface area contributed by atoms with Crippen LogP contribution in [0.5, 0.6) is 0 Å². The topological polar surface area (TPSA) is 0 Å². The fraction of sp³-hybridized carbons (Fsp3) is 0. The van der Waals surface area contributed by atoms with Gasteiger partial charge in [0.1, 0.15) is 0 Å². The summed E-state index contributed by atoms with van der Waals surface area (Å²) in [6, 6.07) is 21.9. The second kappa shape index (κ2) is 4.69. The summed E-state index contributed by atoms with van der Waals surface area (Å²) in [5, 5.41) is 10.4. The van der Waals surface area contributed by atoms with Crippen LogP contribution < -0.4 is 0 Å². The first-order valence-electron chi connectivity index (χ1n) is 8.20. The van der Waals surface area contributed by atoms with Gasteiger partial charge in [-0.3, -0.25) is 0 Å². The van der Waals surface area contributed by atoms with Crippen LogP contribution in [0.3, 0.4) is 0 Å². The Morgan fingerprint density at radius 1 is 0.583 bits per heavy atom. The van der Waals surface area contributed by atoms with Gasteiger partial charge in [-0.1, -0.05) is 79.9 Å². The lowest BCUT2D eigenvalue weighted by atomic mass is 9.86. The van der Waals surface area contributed by atoms with Crippen LogP contribution >= 0.6 is 0 Å². The summed E-state index contributed by atoms with van der Waals surface area (Å²) in [6.45, 7) is 8.09. The smallest absolute Gasteiger partial charge is 0.00143 e. The molecule has 0 heterocycles. The maximum absolute atomic E-state index is 4.08. The third-order valence-electron chi connectivity index (χ3n) is 5.13. The van der Waals surface area contributed by atoms with Crippen LogP contribution in [0.25, 0.3) is 55.2 Å². The number of rotatable bonds is 2. The van der Waals surface area contributed by atoms with Gasteiger partial charge in [0.15, 0.2) is 0 Å². The normalized spacial score (nSPS) is 11.7. The van der Waals surface area contributed by atoms with Crippen LogP contribution in [0, 0.1) is 0 Å². The average molecular weight is 304 g/mol. The Labute approximate surface area is 140 Å². The van der Waals surface area contributed by atoms with Crippen LogP contribution in [0.4, 0.5) is 0 Å². The highest BCUT2D eigenvalue weighted by atomic mass is 14.2. The zero-order chi connectivity index (χ0) is 16.3. The third kappa shape index (κ3) is 1.53. The molecule has 0 aliphatic carbocycles. The first-order chi connectivity index (χ1) is 11.8. The van der Waals surface area contributed by atoms with Gasteiger partial charge in [-0.05, 0) is 60.3 Å². The van der Waals surface area contributed by atoms with E-state index in [1.807, 2.05) is 12.2 Å². The molecule has 5 aromatic rings. The highest BCUT2D eigenvalue weighted by Gasteiger charge is 2.15. The fourth-order valence-electron chi connectivity index (χ4n) is 4.16. The molecule has 0 nitrogen and oxygen atoms in total. The zero-order valence-electron chi connectivity index (χ0n) is 13.3. The van der Waals surface area contributed by atoms with E-state index in [-0.39, 0.29) is 0 Å². The van der Waals surface area contributed by atoms with Gasteiger partial charge in [-0.2, -0.15) is 0 Å². The summed E-state index contributed by atoms with van der Waals surface area (Å²) in [5.41, 5.74) is 2.31. The highest BCUT2D eigenvalue weighted by molar-refractivity contribution is 6.34. The quantitative estimate of drug-likeness (QED) is 0.243. The fourth-order valence-corrected chi connectivity index (χ4v) is 4.16. The lowest BCUT2D eigenvalue weighted by Gasteiger charge is -2.17. The molecule has 0 bridgehead atoms. The predicted molar refractivity (Wildman–Crippen MR) is 108 cm³/mol. The van der Waals surface area contributed by atoms with Crippen molar-refractivity contribution in [3.63, 3.8) is 0 Å². The Bertz CT molecular complexity index is 1270. The maximum Gasteiger partial charge on any atom is -0.00143 e. The second-order valence-electron chi connectivity index (χ2n) is 6.28. The van der Waals surface area contributed by atoms with E-state index in [0.29, 0.717) is 0 Å². The van der Waals surface area contributed by atoms with Gasteiger partial charge in [-0.15, -0.1) is 0 Å². The van der Waals surface area contributed by atoms with Crippen molar-refractivity contribution < 1.29 is 0 Å². The first-order valence-corrected chi connectivity index (χ1v) is 8.20. The molecule has 0 amide bonds. The van der Waals surface area contributed by atoms with Crippen LogP contribution in [0.15, 0.2) is 73.8 Å². The maximum atomic E-state index is 4.08. The minimum Gasteiger partial charge on any atom is -0.0984 e.